The van der Waals surface area contributed by atoms with Gasteiger partial charge in [0.15, 0.2) is 0 Å². The van der Waals surface area contributed by atoms with Crippen molar-refractivity contribution in [3.05, 3.63) is 72.7 Å². The van der Waals surface area contributed by atoms with E-state index in [2.05, 4.69) is 25.6 Å². The molecule has 1 aliphatic heterocycles. The number of carbonyl (C=O) groups is 1. The van der Waals surface area contributed by atoms with Gasteiger partial charge in [0.1, 0.15) is 23.0 Å². The fraction of sp³-hybridized carbons (Fsp3) is 0.174. The van der Waals surface area contributed by atoms with E-state index in [1.54, 1.807) is 41.4 Å². The van der Waals surface area contributed by atoms with Crippen molar-refractivity contribution in [2.75, 3.05) is 26.2 Å². The van der Waals surface area contributed by atoms with Gasteiger partial charge in [-0.3, -0.25) is 0 Å². The molecule has 9 nitrogen and oxygen atoms in total. The predicted molar refractivity (Wildman–Crippen MR) is 118 cm³/mol. The maximum Gasteiger partial charge on any atom is 0.346 e. The van der Waals surface area contributed by atoms with E-state index in [-0.39, 0.29) is 17.9 Å². The summed E-state index contributed by atoms with van der Waals surface area (Å²) in [4.78, 5) is 23.7. The Labute approximate surface area is 188 Å². The minimum Gasteiger partial charge on any atom is -0.424 e. The summed E-state index contributed by atoms with van der Waals surface area (Å²) in [6.07, 6.45) is 1.54. The summed E-state index contributed by atoms with van der Waals surface area (Å²) in [6, 6.07) is 16.5. The lowest BCUT2D eigenvalue weighted by molar-refractivity contribution is 0.188. The molecule has 33 heavy (non-hydrogen) atoms. The SMILES string of the molecule is O=C(N1CCNCC1)n1nnc(-c2ccc(F)cc2)c1-c1ccnc(Oc2ccccc2)n1. The number of carbonyl (C=O) groups excluding carboxylic acids is 1. The van der Waals surface area contributed by atoms with E-state index < -0.39 is 0 Å². The molecule has 1 amide bonds. The van der Waals surface area contributed by atoms with Gasteiger partial charge in [0.25, 0.3) is 0 Å². The van der Waals surface area contributed by atoms with Crippen molar-refractivity contribution < 1.29 is 13.9 Å². The highest BCUT2D eigenvalue weighted by Crippen LogP contribution is 2.31. The Kier molecular flexibility index (Phi) is 5.73. The van der Waals surface area contributed by atoms with Crippen molar-refractivity contribution >= 4 is 6.03 Å². The molecule has 1 N–H and O–H groups in total. The summed E-state index contributed by atoms with van der Waals surface area (Å²) < 4.78 is 20.5. The molecular weight excluding hydrogens is 425 g/mol. The topological polar surface area (TPSA) is 98.1 Å². The number of hydrogen-bond donors (Lipinski definition) is 1. The highest BCUT2D eigenvalue weighted by molar-refractivity contribution is 5.86. The summed E-state index contributed by atoms with van der Waals surface area (Å²) in [5.74, 6) is 0.210. The van der Waals surface area contributed by atoms with Crippen LogP contribution in [0.3, 0.4) is 0 Å². The molecule has 5 rings (SSSR count). The first-order chi connectivity index (χ1) is 16.2. The zero-order valence-corrected chi connectivity index (χ0v) is 17.6. The van der Waals surface area contributed by atoms with Crippen molar-refractivity contribution in [1.29, 1.82) is 0 Å². The maximum atomic E-state index is 13.5. The van der Waals surface area contributed by atoms with Gasteiger partial charge in [-0.15, -0.1) is 5.10 Å². The quantitative estimate of drug-likeness (QED) is 0.515. The Morgan fingerprint density at radius 3 is 2.52 bits per heavy atom. The maximum absolute atomic E-state index is 13.5. The van der Waals surface area contributed by atoms with Crippen LogP contribution in [0.4, 0.5) is 9.18 Å². The molecule has 2 aromatic carbocycles. The second-order valence-corrected chi connectivity index (χ2v) is 7.36. The lowest BCUT2D eigenvalue weighted by atomic mass is 10.1. The van der Waals surface area contributed by atoms with E-state index >= 15 is 0 Å². The average Bonchev–Trinajstić information content (AvgIpc) is 3.30. The molecule has 0 unspecified atom stereocenters. The molecule has 0 atom stereocenters. The lowest BCUT2D eigenvalue weighted by Gasteiger charge is -2.27. The highest BCUT2D eigenvalue weighted by Gasteiger charge is 2.27. The fourth-order valence-corrected chi connectivity index (χ4v) is 3.55. The van der Waals surface area contributed by atoms with Crippen molar-refractivity contribution in [2.45, 2.75) is 0 Å². The largest absolute Gasteiger partial charge is 0.424 e. The Balaban J connectivity index is 1.58. The Bertz CT molecular complexity index is 1260. The zero-order valence-electron chi connectivity index (χ0n) is 17.6. The highest BCUT2D eigenvalue weighted by atomic mass is 19.1. The standard InChI is InChI=1S/C23H20FN7O2/c24-17-8-6-16(7-9-17)20-21(31(29-28-20)23(32)30-14-12-25-13-15-30)19-10-11-26-22(27-19)33-18-4-2-1-3-5-18/h1-11,25H,12-15H2. The van der Waals surface area contributed by atoms with Crippen LogP contribution in [-0.4, -0.2) is 62.1 Å². The fourth-order valence-electron chi connectivity index (χ4n) is 3.55. The molecule has 0 radical (unpaired) electrons. The number of nitrogens with zero attached hydrogens (tertiary/aromatic N) is 6. The summed E-state index contributed by atoms with van der Waals surface area (Å²) in [5, 5.41) is 11.6. The lowest BCUT2D eigenvalue weighted by Crippen LogP contribution is -2.48. The molecule has 166 valence electrons. The van der Waals surface area contributed by atoms with Gasteiger partial charge in [0.05, 0.1) is 5.69 Å². The van der Waals surface area contributed by atoms with Gasteiger partial charge in [-0.05, 0) is 42.5 Å². The van der Waals surface area contributed by atoms with Crippen LogP contribution in [0.25, 0.3) is 22.6 Å². The van der Waals surface area contributed by atoms with Gasteiger partial charge in [-0.2, -0.15) is 9.67 Å². The Morgan fingerprint density at radius 2 is 1.76 bits per heavy atom. The number of benzene rings is 2. The number of ether oxygens (including phenoxy) is 1. The van der Waals surface area contributed by atoms with Crippen molar-refractivity contribution in [1.82, 2.24) is 35.2 Å². The summed E-state index contributed by atoms with van der Waals surface area (Å²) in [7, 11) is 0. The van der Waals surface area contributed by atoms with Gasteiger partial charge >= 0.3 is 12.0 Å². The normalized spacial score (nSPS) is 13.7. The first-order valence-corrected chi connectivity index (χ1v) is 10.5. The smallest absolute Gasteiger partial charge is 0.346 e. The average molecular weight is 445 g/mol. The van der Waals surface area contributed by atoms with Crippen LogP contribution in [-0.2, 0) is 0 Å². The van der Waals surface area contributed by atoms with E-state index in [0.717, 1.165) is 0 Å². The predicted octanol–water partition coefficient (Wildman–Crippen LogP) is 3.21. The van der Waals surface area contributed by atoms with Gasteiger partial charge < -0.3 is 15.0 Å². The summed E-state index contributed by atoms with van der Waals surface area (Å²) in [5.41, 5.74) is 1.80. The first kappa shape index (κ1) is 20.7. The van der Waals surface area contributed by atoms with Crippen LogP contribution in [0.5, 0.6) is 11.8 Å². The van der Waals surface area contributed by atoms with E-state index in [9.17, 15) is 9.18 Å². The number of para-hydroxylation sites is 1. The number of rotatable bonds is 4. The molecule has 10 heteroatoms. The molecule has 0 aliphatic carbocycles. The number of hydrogen-bond acceptors (Lipinski definition) is 7. The van der Waals surface area contributed by atoms with E-state index in [1.807, 2.05) is 18.2 Å². The van der Waals surface area contributed by atoms with Crippen molar-refractivity contribution in [3.63, 3.8) is 0 Å². The number of piperazine rings is 1. The van der Waals surface area contributed by atoms with Crippen LogP contribution >= 0.6 is 0 Å². The van der Waals surface area contributed by atoms with Crippen LogP contribution < -0.4 is 10.1 Å². The molecule has 0 bridgehead atoms. The Morgan fingerprint density at radius 1 is 1.00 bits per heavy atom. The molecule has 2 aromatic heterocycles. The Hall–Kier alpha value is -4.18. The number of halogens is 1. The third-order valence-electron chi connectivity index (χ3n) is 5.19. The van der Waals surface area contributed by atoms with E-state index in [1.165, 1.54) is 16.8 Å². The molecule has 0 spiro atoms. The minimum atomic E-state index is -0.370. The summed E-state index contributed by atoms with van der Waals surface area (Å²) >= 11 is 0. The van der Waals surface area contributed by atoms with E-state index in [0.29, 0.717) is 54.6 Å². The van der Waals surface area contributed by atoms with Crippen LogP contribution in [0.1, 0.15) is 0 Å². The van der Waals surface area contributed by atoms with Crippen molar-refractivity contribution in [3.8, 4) is 34.4 Å². The number of amides is 1. The number of aromatic nitrogens is 5. The zero-order chi connectivity index (χ0) is 22.6. The molecule has 1 fully saturated rings. The van der Waals surface area contributed by atoms with Crippen molar-refractivity contribution in [2.24, 2.45) is 0 Å². The monoisotopic (exact) mass is 445 g/mol. The third kappa shape index (κ3) is 4.41. The first-order valence-electron chi connectivity index (χ1n) is 10.5. The third-order valence-corrected chi connectivity index (χ3v) is 5.19. The molecule has 4 aromatic rings. The van der Waals surface area contributed by atoms with Crippen LogP contribution in [0.2, 0.25) is 0 Å². The number of nitrogens with one attached hydrogen (secondary N) is 1. The van der Waals surface area contributed by atoms with E-state index in [4.69, 9.17) is 4.74 Å². The summed E-state index contributed by atoms with van der Waals surface area (Å²) in [6.45, 7) is 2.50. The van der Waals surface area contributed by atoms with Crippen LogP contribution in [0, 0.1) is 5.82 Å². The molecule has 1 aliphatic rings. The molecule has 3 heterocycles. The molecule has 0 saturated carbocycles. The van der Waals surface area contributed by atoms with Gasteiger partial charge in [-0.25, -0.2) is 14.2 Å². The second-order valence-electron chi connectivity index (χ2n) is 7.36. The second kappa shape index (κ2) is 9.13. The molecule has 1 saturated heterocycles. The minimum absolute atomic E-state index is 0.117. The van der Waals surface area contributed by atoms with Gasteiger partial charge in [0, 0.05) is 37.9 Å². The van der Waals surface area contributed by atoms with Gasteiger partial charge in [-0.1, -0.05) is 23.4 Å². The van der Waals surface area contributed by atoms with Crippen LogP contribution in [0.15, 0.2) is 66.9 Å². The molecular formula is C23H20FN7O2. The van der Waals surface area contributed by atoms with Gasteiger partial charge in [0.2, 0.25) is 0 Å².